The Bertz CT molecular complexity index is 506. The van der Waals surface area contributed by atoms with Crippen LogP contribution < -0.4 is 4.74 Å². The van der Waals surface area contributed by atoms with Crippen LogP contribution in [0.5, 0.6) is 5.75 Å². The monoisotopic (exact) mass is 276 g/mol. The highest BCUT2D eigenvalue weighted by molar-refractivity contribution is 9.10. The summed E-state index contributed by atoms with van der Waals surface area (Å²) in [6.45, 7) is 2.07. The van der Waals surface area contributed by atoms with Gasteiger partial charge in [-0.2, -0.15) is 0 Å². The van der Waals surface area contributed by atoms with Crippen molar-refractivity contribution in [1.29, 1.82) is 0 Å². The number of methoxy groups -OCH3 is 1. The van der Waals surface area contributed by atoms with Crippen molar-refractivity contribution in [3.8, 4) is 16.9 Å². The van der Waals surface area contributed by atoms with Crippen molar-refractivity contribution < 1.29 is 4.74 Å². The Morgan fingerprint density at radius 3 is 2.50 bits per heavy atom. The molecule has 1 nitrogen and oxygen atoms in total. The fraction of sp³-hybridized carbons (Fsp3) is 0.143. The third-order valence-corrected chi connectivity index (χ3v) is 3.16. The van der Waals surface area contributed by atoms with Gasteiger partial charge in [-0.05, 0) is 41.8 Å². The molecule has 0 saturated heterocycles. The number of hydrogen-bond acceptors (Lipinski definition) is 1. The third kappa shape index (κ3) is 2.27. The lowest BCUT2D eigenvalue weighted by molar-refractivity contribution is 0.414. The average Bonchev–Trinajstić information content (AvgIpc) is 2.28. The third-order valence-electron chi connectivity index (χ3n) is 2.47. The van der Waals surface area contributed by atoms with Crippen LogP contribution in [-0.4, -0.2) is 7.11 Å². The zero-order chi connectivity index (χ0) is 11.5. The quantitative estimate of drug-likeness (QED) is 0.788. The van der Waals surface area contributed by atoms with Gasteiger partial charge >= 0.3 is 0 Å². The topological polar surface area (TPSA) is 9.23 Å². The van der Waals surface area contributed by atoms with Gasteiger partial charge in [0, 0.05) is 4.47 Å². The van der Waals surface area contributed by atoms with E-state index in [2.05, 4.69) is 35.0 Å². The molecule has 0 bridgehead atoms. The Balaban J connectivity index is 2.56. The number of aryl methyl sites for hydroxylation is 1. The highest BCUT2D eigenvalue weighted by atomic mass is 79.9. The van der Waals surface area contributed by atoms with Crippen molar-refractivity contribution >= 4 is 15.9 Å². The van der Waals surface area contributed by atoms with Gasteiger partial charge in [0.25, 0.3) is 0 Å². The van der Waals surface area contributed by atoms with E-state index in [1.807, 2.05) is 30.3 Å². The lowest BCUT2D eigenvalue weighted by Gasteiger charge is -2.08. The molecule has 0 aromatic heterocycles. The van der Waals surface area contributed by atoms with E-state index < -0.39 is 0 Å². The van der Waals surface area contributed by atoms with Gasteiger partial charge in [0.1, 0.15) is 5.75 Å². The normalized spacial score (nSPS) is 10.2. The molecule has 0 N–H and O–H groups in total. The highest BCUT2D eigenvalue weighted by Gasteiger charge is 2.04. The van der Waals surface area contributed by atoms with E-state index in [9.17, 15) is 0 Å². The second-order valence-electron chi connectivity index (χ2n) is 3.72. The van der Waals surface area contributed by atoms with Crippen LogP contribution >= 0.6 is 15.9 Å². The van der Waals surface area contributed by atoms with E-state index >= 15 is 0 Å². The first-order chi connectivity index (χ1) is 7.70. The van der Waals surface area contributed by atoms with Gasteiger partial charge in [-0.1, -0.05) is 40.2 Å². The summed E-state index contributed by atoms with van der Waals surface area (Å²) in [5.74, 6) is 0.894. The zero-order valence-electron chi connectivity index (χ0n) is 9.33. The molecule has 2 aromatic carbocycles. The van der Waals surface area contributed by atoms with Crippen LogP contribution in [0.25, 0.3) is 11.1 Å². The van der Waals surface area contributed by atoms with Crippen molar-refractivity contribution in [2.45, 2.75) is 6.92 Å². The molecular formula is C14H13BrO. The Morgan fingerprint density at radius 1 is 1.06 bits per heavy atom. The summed E-state index contributed by atoms with van der Waals surface area (Å²) in [6, 6.07) is 14.4. The van der Waals surface area contributed by atoms with Crippen molar-refractivity contribution in [3.63, 3.8) is 0 Å². The summed E-state index contributed by atoms with van der Waals surface area (Å²) in [5, 5.41) is 0. The smallest absolute Gasteiger partial charge is 0.119 e. The Hall–Kier alpha value is -1.28. The van der Waals surface area contributed by atoms with Gasteiger partial charge in [0.05, 0.1) is 7.11 Å². The van der Waals surface area contributed by atoms with Crippen LogP contribution in [0.4, 0.5) is 0 Å². The van der Waals surface area contributed by atoms with Crippen LogP contribution in [0.2, 0.25) is 0 Å². The minimum atomic E-state index is 0.894. The van der Waals surface area contributed by atoms with Crippen LogP contribution in [0.15, 0.2) is 46.9 Å². The first-order valence-corrected chi connectivity index (χ1v) is 5.90. The summed E-state index contributed by atoms with van der Waals surface area (Å²) < 4.78 is 6.38. The van der Waals surface area contributed by atoms with Gasteiger partial charge in [-0.3, -0.25) is 0 Å². The van der Waals surface area contributed by atoms with Crippen LogP contribution in [0.3, 0.4) is 0 Å². The van der Waals surface area contributed by atoms with Crippen molar-refractivity contribution in [1.82, 2.24) is 0 Å². The average molecular weight is 277 g/mol. The van der Waals surface area contributed by atoms with Gasteiger partial charge in [-0.15, -0.1) is 0 Å². The van der Waals surface area contributed by atoms with E-state index in [-0.39, 0.29) is 0 Å². The maximum atomic E-state index is 5.28. The van der Waals surface area contributed by atoms with E-state index in [0.29, 0.717) is 0 Å². The van der Waals surface area contributed by atoms with Crippen LogP contribution in [0.1, 0.15) is 5.56 Å². The minimum Gasteiger partial charge on any atom is -0.497 e. The molecule has 16 heavy (non-hydrogen) atoms. The molecular weight excluding hydrogens is 264 g/mol. The number of rotatable bonds is 2. The van der Waals surface area contributed by atoms with Crippen molar-refractivity contribution in [2.24, 2.45) is 0 Å². The maximum Gasteiger partial charge on any atom is 0.119 e. The molecule has 0 aliphatic heterocycles. The second-order valence-corrected chi connectivity index (χ2v) is 4.57. The minimum absolute atomic E-state index is 0.894. The van der Waals surface area contributed by atoms with E-state index in [1.165, 1.54) is 16.7 Å². The van der Waals surface area contributed by atoms with Gasteiger partial charge in [-0.25, -0.2) is 0 Å². The van der Waals surface area contributed by atoms with Gasteiger partial charge in [0.15, 0.2) is 0 Å². The molecule has 0 spiro atoms. The fourth-order valence-electron chi connectivity index (χ4n) is 1.72. The van der Waals surface area contributed by atoms with E-state index in [0.717, 1.165) is 10.2 Å². The first kappa shape index (κ1) is 11.2. The molecule has 82 valence electrons. The second kappa shape index (κ2) is 4.71. The lowest BCUT2D eigenvalue weighted by atomic mass is 10.0. The number of hydrogen-bond donors (Lipinski definition) is 0. The number of halogens is 1. The lowest BCUT2D eigenvalue weighted by Crippen LogP contribution is -1.87. The zero-order valence-corrected chi connectivity index (χ0v) is 10.9. The summed E-state index contributed by atoms with van der Waals surface area (Å²) in [6.07, 6.45) is 0. The molecule has 0 unspecified atom stereocenters. The van der Waals surface area contributed by atoms with Gasteiger partial charge in [0.2, 0.25) is 0 Å². The molecule has 2 aromatic rings. The Labute approximate surface area is 104 Å². The predicted molar refractivity (Wildman–Crippen MR) is 70.9 cm³/mol. The van der Waals surface area contributed by atoms with Gasteiger partial charge < -0.3 is 4.74 Å². The number of benzene rings is 2. The Morgan fingerprint density at radius 2 is 1.81 bits per heavy atom. The van der Waals surface area contributed by atoms with E-state index in [1.54, 1.807) is 7.11 Å². The Kier molecular flexibility index (Phi) is 3.30. The van der Waals surface area contributed by atoms with Crippen LogP contribution in [-0.2, 0) is 0 Å². The molecule has 2 heteroatoms. The standard InChI is InChI=1S/C14H13BrO/c1-10-7-11(9-12(8-10)16-2)13-5-3-4-6-14(13)15/h3-9H,1-2H3. The fourth-order valence-corrected chi connectivity index (χ4v) is 2.23. The summed E-state index contributed by atoms with van der Waals surface area (Å²) in [5.41, 5.74) is 3.55. The summed E-state index contributed by atoms with van der Waals surface area (Å²) in [7, 11) is 1.69. The molecule has 0 amide bonds. The first-order valence-electron chi connectivity index (χ1n) is 5.11. The largest absolute Gasteiger partial charge is 0.497 e. The molecule has 2 rings (SSSR count). The van der Waals surface area contributed by atoms with Crippen LogP contribution in [0, 0.1) is 6.92 Å². The predicted octanol–water partition coefficient (Wildman–Crippen LogP) is 4.43. The number of ether oxygens (including phenoxy) is 1. The molecule has 0 heterocycles. The molecule has 0 radical (unpaired) electrons. The van der Waals surface area contributed by atoms with Crippen molar-refractivity contribution in [2.75, 3.05) is 7.11 Å². The maximum absolute atomic E-state index is 5.28. The SMILES string of the molecule is COc1cc(C)cc(-c2ccccc2Br)c1. The summed E-state index contributed by atoms with van der Waals surface area (Å²) >= 11 is 3.56. The molecule has 0 aliphatic carbocycles. The molecule has 0 fully saturated rings. The molecule has 0 aliphatic rings. The summed E-state index contributed by atoms with van der Waals surface area (Å²) in [4.78, 5) is 0. The highest BCUT2D eigenvalue weighted by Crippen LogP contribution is 2.31. The molecule has 0 saturated carbocycles. The van der Waals surface area contributed by atoms with E-state index in [4.69, 9.17) is 4.74 Å². The molecule has 0 atom stereocenters. The van der Waals surface area contributed by atoms with Crippen molar-refractivity contribution in [3.05, 3.63) is 52.5 Å².